The van der Waals surface area contributed by atoms with E-state index in [-0.39, 0.29) is 17.8 Å². The third kappa shape index (κ3) is 3.80. The molecule has 1 fully saturated rings. The molecule has 0 bridgehead atoms. The zero-order valence-corrected chi connectivity index (χ0v) is 11.0. The number of primary amides is 1. The van der Waals surface area contributed by atoms with E-state index in [9.17, 15) is 13.8 Å². The first-order chi connectivity index (χ1) is 7.94. The summed E-state index contributed by atoms with van der Waals surface area (Å²) in [5.41, 5.74) is 4.97. The molecule has 98 valence electrons. The summed E-state index contributed by atoms with van der Waals surface area (Å²) in [6.45, 7) is 1.78. The molecule has 1 amide bonds. The van der Waals surface area contributed by atoms with Crippen molar-refractivity contribution in [1.82, 2.24) is 0 Å². The lowest BCUT2D eigenvalue weighted by Gasteiger charge is -2.16. The van der Waals surface area contributed by atoms with E-state index in [0.29, 0.717) is 12.2 Å². The average Bonchev–Trinajstić information content (AvgIpc) is 2.97. The topological polar surface area (TPSA) is 86.5 Å². The summed E-state index contributed by atoms with van der Waals surface area (Å²) >= 11 is 0. The lowest BCUT2D eigenvalue weighted by molar-refractivity contribution is -0.141. The quantitative estimate of drug-likeness (QED) is 0.670. The Morgan fingerprint density at radius 3 is 2.41 bits per heavy atom. The molecule has 0 radical (unpaired) electrons. The van der Waals surface area contributed by atoms with E-state index in [1.807, 2.05) is 0 Å². The smallest absolute Gasteiger partial charge is 0.306 e. The Hall–Kier alpha value is -0.910. The fraction of sp³-hybridized carbons (Fsp3) is 0.818. The molecule has 1 aliphatic rings. The molecule has 0 aromatic carbocycles. The molecule has 2 N–H and O–H groups in total. The Morgan fingerprint density at radius 1 is 1.47 bits per heavy atom. The van der Waals surface area contributed by atoms with Crippen molar-refractivity contribution >= 4 is 22.7 Å². The van der Waals surface area contributed by atoms with Crippen LogP contribution in [0.15, 0.2) is 0 Å². The highest BCUT2D eigenvalue weighted by Gasteiger charge is 2.47. The van der Waals surface area contributed by atoms with E-state index in [2.05, 4.69) is 4.74 Å². The van der Waals surface area contributed by atoms with Crippen molar-refractivity contribution in [2.24, 2.45) is 11.1 Å². The summed E-state index contributed by atoms with van der Waals surface area (Å²) in [4.78, 5) is 22.3. The number of amides is 1. The predicted octanol–water partition coefficient (Wildman–Crippen LogP) is 0.342. The lowest BCUT2D eigenvalue weighted by Crippen LogP contribution is -2.35. The van der Waals surface area contributed by atoms with Gasteiger partial charge in [0, 0.05) is 16.6 Å². The van der Waals surface area contributed by atoms with Crippen molar-refractivity contribution < 1.29 is 18.5 Å². The molecule has 0 aliphatic heterocycles. The maximum atomic E-state index is 12.0. The summed E-state index contributed by atoms with van der Waals surface area (Å²) < 4.78 is 16.6. The molecule has 5 nitrogen and oxygen atoms in total. The van der Waals surface area contributed by atoms with Gasteiger partial charge in [0.05, 0.1) is 13.5 Å². The summed E-state index contributed by atoms with van der Waals surface area (Å²) in [6.07, 6.45) is 2.48. The van der Waals surface area contributed by atoms with Gasteiger partial charge in [-0.05, 0) is 24.7 Å². The largest absolute Gasteiger partial charge is 0.469 e. The zero-order valence-electron chi connectivity index (χ0n) is 10.2. The molecule has 1 saturated carbocycles. The number of nitrogens with two attached hydrogens (primary N) is 1. The van der Waals surface area contributed by atoms with Gasteiger partial charge in [-0.3, -0.25) is 13.8 Å². The molecule has 17 heavy (non-hydrogen) atoms. The van der Waals surface area contributed by atoms with Gasteiger partial charge in [0.1, 0.15) is 5.25 Å². The molecular formula is C11H19NO4S. The van der Waals surface area contributed by atoms with Crippen LogP contribution in [0.25, 0.3) is 0 Å². The lowest BCUT2D eigenvalue weighted by atomic mass is 10.1. The molecule has 6 heteroatoms. The SMILES string of the molecule is CCC(C(N)=O)S(=O)CC1(CC(=O)OC)CC1. The molecule has 0 saturated heterocycles. The van der Waals surface area contributed by atoms with Crippen LogP contribution in [-0.4, -0.2) is 34.2 Å². The van der Waals surface area contributed by atoms with Gasteiger partial charge in [-0.2, -0.15) is 0 Å². The Morgan fingerprint density at radius 2 is 2.06 bits per heavy atom. The number of carbonyl (C=O) groups excluding carboxylic acids is 2. The Bertz CT molecular complexity index is 338. The van der Waals surface area contributed by atoms with Crippen molar-refractivity contribution in [3.05, 3.63) is 0 Å². The highest BCUT2D eigenvalue weighted by molar-refractivity contribution is 7.86. The number of carbonyl (C=O) groups is 2. The van der Waals surface area contributed by atoms with E-state index in [0.717, 1.165) is 12.8 Å². The van der Waals surface area contributed by atoms with Gasteiger partial charge in [-0.1, -0.05) is 6.92 Å². The number of methoxy groups -OCH3 is 1. The summed E-state index contributed by atoms with van der Waals surface area (Å²) in [5, 5.41) is -0.606. The standard InChI is InChI=1S/C11H19NO4S/c1-3-8(10(12)14)17(15)7-11(4-5-11)6-9(13)16-2/h8H,3-7H2,1-2H3,(H2,12,14). The molecule has 0 heterocycles. The van der Waals surface area contributed by atoms with E-state index in [1.54, 1.807) is 6.92 Å². The van der Waals surface area contributed by atoms with Crippen LogP contribution in [0.3, 0.4) is 0 Å². The first kappa shape index (κ1) is 14.2. The molecule has 0 spiro atoms. The second-order valence-electron chi connectivity index (χ2n) is 4.58. The Kier molecular flexibility index (Phi) is 4.68. The zero-order chi connectivity index (χ0) is 13.1. The van der Waals surface area contributed by atoms with Crippen LogP contribution in [0.1, 0.15) is 32.6 Å². The van der Waals surface area contributed by atoms with Gasteiger partial charge in [0.25, 0.3) is 0 Å². The van der Waals surface area contributed by atoms with Crippen LogP contribution in [0.5, 0.6) is 0 Å². The number of hydrogen-bond donors (Lipinski definition) is 1. The molecule has 1 rings (SSSR count). The van der Waals surface area contributed by atoms with Crippen LogP contribution >= 0.6 is 0 Å². The number of rotatable bonds is 7. The van der Waals surface area contributed by atoms with Crippen molar-refractivity contribution in [3.8, 4) is 0 Å². The fourth-order valence-electron chi connectivity index (χ4n) is 1.85. The number of esters is 1. The third-order valence-electron chi connectivity index (χ3n) is 3.16. The Labute approximate surface area is 104 Å². The highest BCUT2D eigenvalue weighted by atomic mass is 32.2. The minimum atomic E-state index is -1.30. The molecule has 2 unspecified atom stereocenters. The normalized spacial score (nSPS) is 20.4. The third-order valence-corrected chi connectivity index (χ3v) is 5.26. The molecule has 2 atom stereocenters. The van der Waals surface area contributed by atoms with Crippen molar-refractivity contribution in [2.75, 3.05) is 12.9 Å². The van der Waals surface area contributed by atoms with E-state index in [4.69, 9.17) is 5.73 Å². The maximum absolute atomic E-state index is 12.0. The van der Waals surface area contributed by atoms with Crippen LogP contribution in [0.2, 0.25) is 0 Å². The van der Waals surface area contributed by atoms with Crippen LogP contribution in [0.4, 0.5) is 0 Å². The number of hydrogen-bond acceptors (Lipinski definition) is 4. The molecule has 0 aromatic rings. The highest BCUT2D eigenvalue weighted by Crippen LogP contribution is 2.49. The minimum absolute atomic E-state index is 0.221. The van der Waals surface area contributed by atoms with Gasteiger partial charge in [-0.15, -0.1) is 0 Å². The molecule has 0 aromatic heterocycles. The van der Waals surface area contributed by atoms with E-state index >= 15 is 0 Å². The van der Waals surface area contributed by atoms with Gasteiger partial charge in [0.2, 0.25) is 5.91 Å². The average molecular weight is 261 g/mol. The van der Waals surface area contributed by atoms with E-state index < -0.39 is 22.0 Å². The first-order valence-electron chi connectivity index (χ1n) is 5.67. The van der Waals surface area contributed by atoms with Crippen molar-refractivity contribution in [2.45, 2.75) is 37.9 Å². The summed E-state index contributed by atoms with van der Waals surface area (Å²) in [6, 6.07) is 0. The van der Waals surface area contributed by atoms with Crippen LogP contribution in [-0.2, 0) is 25.1 Å². The maximum Gasteiger partial charge on any atom is 0.306 e. The predicted molar refractivity (Wildman–Crippen MR) is 64.6 cm³/mol. The van der Waals surface area contributed by atoms with Crippen LogP contribution in [0, 0.1) is 5.41 Å². The second kappa shape index (κ2) is 5.62. The minimum Gasteiger partial charge on any atom is -0.469 e. The first-order valence-corrected chi connectivity index (χ1v) is 7.05. The van der Waals surface area contributed by atoms with Gasteiger partial charge in [-0.25, -0.2) is 0 Å². The molecular weight excluding hydrogens is 242 g/mol. The van der Waals surface area contributed by atoms with E-state index in [1.165, 1.54) is 7.11 Å². The molecule has 1 aliphatic carbocycles. The second-order valence-corrected chi connectivity index (χ2v) is 6.20. The summed E-state index contributed by atoms with van der Waals surface area (Å²) in [5.74, 6) is -0.449. The van der Waals surface area contributed by atoms with Crippen molar-refractivity contribution in [1.29, 1.82) is 0 Å². The van der Waals surface area contributed by atoms with Crippen molar-refractivity contribution in [3.63, 3.8) is 0 Å². The van der Waals surface area contributed by atoms with Gasteiger partial charge < -0.3 is 10.5 Å². The Balaban J connectivity index is 2.56. The fourth-order valence-corrected chi connectivity index (χ4v) is 3.67. The van der Waals surface area contributed by atoms with Gasteiger partial charge in [0.15, 0.2) is 0 Å². The van der Waals surface area contributed by atoms with Crippen LogP contribution < -0.4 is 5.73 Å². The summed E-state index contributed by atoms with van der Waals surface area (Å²) in [7, 11) is 0.0453. The van der Waals surface area contributed by atoms with Gasteiger partial charge >= 0.3 is 5.97 Å². The number of ether oxygens (including phenoxy) is 1. The monoisotopic (exact) mass is 261 g/mol.